The third kappa shape index (κ3) is 3.45. The molecular weight excluding hydrogens is 292 g/mol. The number of H-pyrrole nitrogens is 1. The predicted molar refractivity (Wildman–Crippen MR) is 91.2 cm³/mol. The van der Waals surface area contributed by atoms with E-state index in [2.05, 4.69) is 10.3 Å². The minimum absolute atomic E-state index is 0.118. The Labute approximate surface area is 133 Å². The molecule has 5 heteroatoms. The minimum Gasteiger partial charge on any atom is -0.508 e. The van der Waals surface area contributed by atoms with E-state index in [0.717, 1.165) is 22.3 Å². The first-order valence-corrected chi connectivity index (χ1v) is 7.47. The normalized spacial score (nSPS) is 10.7. The molecule has 1 heterocycles. The molecule has 0 fully saturated rings. The van der Waals surface area contributed by atoms with Gasteiger partial charge in [0.2, 0.25) is 0 Å². The molecule has 0 radical (unpaired) electrons. The second-order valence-electron chi connectivity index (χ2n) is 5.21. The van der Waals surface area contributed by atoms with Crippen molar-refractivity contribution in [3.8, 4) is 11.5 Å². The van der Waals surface area contributed by atoms with Crippen LogP contribution < -0.4 is 15.6 Å². The highest BCUT2D eigenvalue weighted by atomic mass is 16.5. The van der Waals surface area contributed by atoms with E-state index in [1.165, 1.54) is 0 Å². The molecule has 23 heavy (non-hydrogen) atoms. The zero-order valence-corrected chi connectivity index (χ0v) is 12.8. The zero-order valence-electron chi connectivity index (χ0n) is 12.8. The summed E-state index contributed by atoms with van der Waals surface area (Å²) in [7, 11) is 0. The van der Waals surface area contributed by atoms with Gasteiger partial charge in [-0.25, -0.2) is 0 Å². The summed E-state index contributed by atoms with van der Waals surface area (Å²) in [4.78, 5) is 15.0. The maximum atomic E-state index is 12.2. The fourth-order valence-electron chi connectivity index (χ4n) is 2.39. The molecule has 0 aliphatic carbocycles. The van der Waals surface area contributed by atoms with E-state index in [1.807, 2.05) is 31.2 Å². The maximum Gasteiger partial charge on any atom is 0.253 e. The summed E-state index contributed by atoms with van der Waals surface area (Å²) in [6, 6.07) is 14.2. The molecule has 3 N–H and O–H groups in total. The highest BCUT2D eigenvalue weighted by molar-refractivity contribution is 5.80. The molecule has 0 atom stereocenters. The second-order valence-corrected chi connectivity index (χ2v) is 5.21. The van der Waals surface area contributed by atoms with Gasteiger partial charge in [-0.1, -0.05) is 0 Å². The summed E-state index contributed by atoms with van der Waals surface area (Å²) in [6.07, 6.45) is 0. The van der Waals surface area contributed by atoms with Crippen LogP contribution in [0.4, 0.5) is 5.69 Å². The number of aromatic hydroxyl groups is 1. The van der Waals surface area contributed by atoms with Gasteiger partial charge in [0, 0.05) is 28.7 Å². The summed E-state index contributed by atoms with van der Waals surface area (Å²) in [6.45, 7) is 2.93. The lowest BCUT2D eigenvalue weighted by atomic mass is 10.1. The molecule has 0 saturated carbocycles. The van der Waals surface area contributed by atoms with Gasteiger partial charge in [-0.3, -0.25) is 4.79 Å². The van der Waals surface area contributed by atoms with Crippen LogP contribution in [0, 0.1) is 0 Å². The Balaban J connectivity index is 1.85. The SMILES string of the molecule is CCOc1ccc2[nH]c(=O)c(CNc3ccc(O)cc3)cc2c1. The summed E-state index contributed by atoms with van der Waals surface area (Å²) in [5.74, 6) is 0.993. The lowest BCUT2D eigenvalue weighted by Crippen LogP contribution is -2.15. The second kappa shape index (κ2) is 6.44. The number of nitrogens with one attached hydrogen (secondary N) is 2. The summed E-state index contributed by atoms with van der Waals surface area (Å²) in [5.41, 5.74) is 2.14. The summed E-state index contributed by atoms with van der Waals surface area (Å²) in [5, 5.41) is 13.4. The Morgan fingerprint density at radius 1 is 1.13 bits per heavy atom. The number of fused-ring (bicyclic) bond motifs is 1. The van der Waals surface area contributed by atoms with Gasteiger partial charge in [0.05, 0.1) is 6.61 Å². The molecule has 0 aliphatic heterocycles. The van der Waals surface area contributed by atoms with E-state index in [1.54, 1.807) is 24.3 Å². The van der Waals surface area contributed by atoms with Gasteiger partial charge in [0.15, 0.2) is 0 Å². The van der Waals surface area contributed by atoms with Crippen molar-refractivity contribution >= 4 is 16.6 Å². The van der Waals surface area contributed by atoms with Crippen molar-refractivity contribution in [2.75, 3.05) is 11.9 Å². The number of ether oxygens (including phenoxy) is 1. The van der Waals surface area contributed by atoms with Crippen LogP contribution in [-0.4, -0.2) is 16.7 Å². The fraction of sp³-hybridized carbons (Fsp3) is 0.167. The van der Waals surface area contributed by atoms with Gasteiger partial charge in [0.1, 0.15) is 11.5 Å². The fourth-order valence-corrected chi connectivity index (χ4v) is 2.39. The van der Waals surface area contributed by atoms with Crippen LogP contribution in [0.15, 0.2) is 53.3 Å². The lowest BCUT2D eigenvalue weighted by molar-refractivity contribution is 0.340. The molecule has 2 aromatic carbocycles. The molecule has 118 valence electrons. The molecular formula is C18H18N2O3. The largest absolute Gasteiger partial charge is 0.508 e. The zero-order chi connectivity index (χ0) is 16.2. The summed E-state index contributed by atoms with van der Waals surface area (Å²) < 4.78 is 5.49. The first-order chi connectivity index (χ1) is 11.2. The highest BCUT2D eigenvalue weighted by Crippen LogP contribution is 2.20. The summed E-state index contributed by atoms with van der Waals surface area (Å²) >= 11 is 0. The molecule has 0 unspecified atom stereocenters. The molecule has 0 amide bonds. The predicted octanol–water partition coefficient (Wildman–Crippen LogP) is 3.24. The average molecular weight is 310 g/mol. The topological polar surface area (TPSA) is 74.4 Å². The number of aromatic nitrogens is 1. The number of pyridine rings is 1. The van der Waals surface area contributed by atoms with E-state index in [0.29, 0.717) is 18.7 Å². The smallest absolute Gasteiger partial charge is 0.253 e. The first-order valence-electron chi connectivity index (χ1n) is 7.47. The Morgan fingerprint density at radius 3 is 2.65 bits per heavy atom. The molecule has 3 aromatic rings. The number of rotatable bonds is 5. The van der Waals surface area contributed by atoms with Crippen LogP contribution in [0.2, 0.25) is 0 Å². The van der Waals surface area contributed by atoms with Gasteiger partial charge in [0.25, 0.3) is 5.56 Å². The molecule has 5 nitrogen and oxygen atoms in total. The van der Waals surface area contributed by atoms with Gasteiger partial charge >= 0.3 is 0 Å². The minimum atomic E-state index is -0.118. The van der Waals surface area contributed by atoms with Crippen molar-refractivity contribution in [3.63, 3.8) is 0 Å². The van der Waals surface area contributed by atoms with Crippen molar-refractivity contribution in [3.05, 3.63) is 64.4 Å². The molecule has 0 saturated heterocycles. The van der Waals surface area contributed by atoms with E-state index in [-0.39, 0.29) is 11.3 Å². The Hall–Kier alpha value is -2.95. The quantitative estimate of drug-likeness (QED) is 0.632. The van der Waals surface area contributed by atoms with Crippen LogP contribution in [-0.2, 0) is 6.54 Å². The number of hydrogen-bond donors (Lipinski definition) is 3. The number of benzene rings is 2. The maximum absolute atomic E-state index is 12.2. The first kappa shape index (κ1) is 15.0. The van der Waals surface area contributed by atoms with Crippen molar-refractivity contribution in [1.82, 2.24) is 4.98 Å². The third-order valence-corrected chi connectivity index (χ3v) is 3.55. The monoisotopic (exact) mass is 310 g/mol. The molecule has 0 bridgehead atoms. The van der Waals surface area contributed by atoms with Gasteiger partial charge in [-0.05, 0) is 55.5 Å². The average Bonchev–Trinajstić information content (AvgIpc) is 2.55. The molecule has 0 aliphatic rings. The molecule has 3 rings (SSSR count). The van der Waals surface area contributed by atoms with E-state index in [4.69, 9.17) is 4.74 Å². The van der Waals surface area contributed by atoms with Crippen LogP contribution in [0.1, 0.15) is 12.5 Å². The highest BCUT2D eigenvalue weighted by Gasteiger charge is 2.04. The van der Waals surface area contributed by atoms with Crippen molar-refractivity contribution in [2.45, 2.75) is 13.5 Å². The number of hydrogen-bond acceptors (Lipinski definition) is 4. The van der Waals surface area contributed by atoms with Crippen LogP contribution >= 0.6 is 0 Å². The van der Waals surface area contributed by atoms with Crippen LogP contribution in [0.25, 0.3) is 10.9 Å². The number of phenolic OH excluding ortho intramolecular Hbond substituents is 1. The van der Waals surface area contributed by atoms with E-state index >= 15 is 0 Å². The Bertz CT molecular complexity index is 870. The number of aromatic amines is 1. The molecule has 0 spiro atoms. The Morgan fingerprint density at radius 2 is 1.91 bits per heavy atom. The molecule has 1 aromatic heterocycles. The van der Waals surface area contributed by atoms with Crippen molar-refractivity contribution in [2.24, 2.45) is 0 Å². The van der Waals surface area contributed by atoms with Crippen LogP contribution in [0.5, 0.6) is 11.5 Å². The van der Waals surface area contributed by atoms with E-state index < -0.39 is 0 Å². The number of phenols is 1. The van der Waals surface area contributed by atoms with Crippen LogP contribution in [0.3, 0.4) is 0 Å². The van der Waals surface area contributed by atoms with Gasteiger partial charge in [-0.15, -0.1) is 0 Å². The third-order valence-electron chi connectivity index (χ3n) is 3.55. The Kier molecular flexibility index (Phi) is 4.19. The standard InChI is InChI=1S/C18H18N2O3/c1-2-23-16-7-8-17-12(10-16)9-13(18(22)20-17)11-19-14-3-5-15(21)6-4-14/h3-10,19,21H,2,11H2,1H3,(H,20,22). The van der Waals surface area contributed by atoms with E-state index in [9.17, 15) is 9.90 Å². The van der Waals surface area contributed by atoms with Crippen molar-refractivity contribution in [1.29, 1.82) is 0 Å². The number of anilines is 1. The van der Waals surface area contributed by atoms with Gasteiger partial charge in [-0.2, -0.15) is 0 Å². The van der Waals surface area contributed by atoms with Crippen molar-refractivity contribution < 1.29 is 9.84 Å². The van der Waals surface area contributed by atoms with Gasteiger partial charge < -0.3 is 20.1 Å². The lowest BCUT2D eigenvalue weighted by Gasteiger charge is -2.08.